The topological polar surface area (TPSA) is 170 Å². The first-order valence-corrected chi connectivity index (χ1v) is 10.1. The first kappa shape index (κ1) is 20.1. The van der Waals surface area contributed by atoms with Crippen LogP contribution in [-0.4, -0.2) is 73.5 Å². The van der Waals surface area contributed by atoms with Crippen LogP contribution in [-0.2, 0) is 18.6 Å². The van der Waals surface area contributed by atoms with Crippen LogP contribution in [0.2, 0.25) is 0 Å². The Balaban J connectivity index is 1.67. The van der Waals surface area contributed by atoms with Gasteiger partial charge in [-0.3, -0.25) is 9.32 Å². The summed E-state index contributed by atoms with van der Waals surface area (Å²) in [7, 11) is -4.02. The molecule has 4 N–H and O–H groups in total. The van der Waals surface area contributed by atoms with E-state index in [1.807, 2.05) is 0 Å². The van der Waals surface area contributed by atoms with E-state index in [4.69, 9.17) is 15.0 Å². The molecule has 0 bridgehead atoms. The van der Waals surface area contributed by atoms with Gasteiger partial charge in [0, 0.05) is 13.1 Å². The second-order valence-corrected chi connectivity index (χ2v) is 8.29. The highest BCUT2D eigenvalue weighted by Gasteiger charge is 2.46. The molecule has 12 nitrogen and oxygen atoms in total. The molecular weight excluding hydrogens is 381 g/mol. The maximum absolute atomic E-state index is 12.4. The zero-order valence-corrected chi connectivity index (χ0v) is 15.4. The second-order valence-electron chi connectivity index (χ2n) is 6.48. The van der Waals surface area contributed by atoms with Crippen LogP contribution < -0.4 is 5.73 Å². The van der Waals surface area contributed by atoms with Crippen LogP contribution in [0, 0.1) is 5.92 Å². The lowest BCUT2D eigenvalue weighted by molar-refractivity contribution is -0.115. The van der Waals surface area contributed by atoms with Crippen molar-refractivity contribution in [2.24, 2.45) is 11.7 Å². The zero-order chi connectivity index (χ0) is 19.6. The molecule has 0 aromatic carbocycles. The molecule has 3 heterocycles. The van der Waals surface area contributed by atoms with Crippen molar-refractivity contribution in [3.63, 3.8) is 0 Å². The second kappa shape index (κ2) is 8.13. The smallest absolute Gasteiger partial charge is 0.387 e. The SMILES string of the molecule is NC(=O)c1ncn([C@@H]2O[C@H](COP(=O)(O)N3CCCCC3)C(C=O)[C@H]2O)n1. The fourth-order valence-corrected chi connectivity index (χ4v) is 4.48. The first-order chi connectivity index (χ1) is 12.8. The number of rotatable bonds is 7. The number of aromatic nitrogens is 3. The molecule has 0 radical (unpaired) electrons. The maximum Gasteiger partial charge on any atom is 0.405 e. The van der Waals surface area contributed by atoms with Crippen LogP contribution in [0.15, 0.2) is 6.33 Å². The minimum atomic E-state index is -4.02. The molecule has 0 aliphatic carbocycles. The van der Waals surface area contributed by atoms with Gasteiger partial charge >= 0.3 is 7.75 Å². The fraction of sp³-hybridized carbons (Fsp3) is 0.714. The predicted molar refractivity (Wildman–Crippen MR) is 89.2 cm³/mol. The summed E-state index contributed by atoms with van der Waals surface area (Å²) in [6.07, 6.45) is 0.870. The molecule has 1 amide bonds. The Bertz CT molecular complexity index is 737. The van der Waals surface area contributed by atoms with Crippen LogP contribution in [0.3, 0.4) is 0 Å². The summed E-state index contributed by atoms with van der Waals surface area (Å²) in [6.45, 7) is 0.547. The van der Waals surface area contributed by atoms with Crippen molar-refractivity contribution in [2.75, 3.05) is 19.7 Å². The molecule has 2 fully saturated rings. The number of primary amides is 1. The molecule has 5 atom stereocenters. The monoisotopic (exact) mass is 403 g/mol. The number of aliphatic hydroxyl groups excluding tert-OH is 1. The van der Waals surface area contributed by atoms with Crippen molar-refractivity contribution in [1.82, 2.24) is 19.4 Å². The molecule has 2 unspecified atom stereocenters. The quantitative estimate of drug-likeness (QED) is 0.381. The number of aldehydes is 1. The highest BCUT2D eigenvalue weighted by Crippen LogP contribution is 2.48. The van der Waals surface area contributed by atoms with Gasteiger partial charge in [0.25, 0.3) is 5.91 Å². The van der Waals surface area contributed by atoms with Gasteiger partial charge in [0.05, 0.1) is 18.6 Å². The summed E-state index contributed by atoms with van der Waals surface area (Å²) in [5.41, 5.74) is 5.09. The largest absolute Gasteiger partial charge is 0.405 e. The third-order valence-corrected chi connectivity index (χ3v) is 6.27. The number of nitrogens with zero attached hydrogens (tertiary/aromatic N) is 4. The Labute approximate surface area is 154 Å². The molecule has 27 heavy (non-hydrogen) atoms. The summed E-state index contributed by atoms with van der Waals surface area (Å²) in [5.74, 6) is -2.12. The Morgan fingerprint density at radius 2 is 2.15 bits per heavy atom. The van der Waals surface area contributed by atoms with E-state index in [2.05, 4.69) is 10.1 Å². The van der Waals surface area contributed by atoms with Crippen molar-refractivity contribution < 1.29 is 33.4 Å². The number of carbonyl (C=O) groups excluding carboxylic acids is 2. The van der Waals surface area contributed by atoms with Gasteiger partial charge in [-0.1, -0.05) is 6.42 Å². The molecular formula is C14H22N5O7P. The minimum absolute atomic E-state index is 0.266. The number of aliphatic hydroxyl groups is 1. The summed E-state index contributed by atoms with van der Waals surface area (Å²) >= 11 is 0. The average molecular weight is 403 g/mol. The molecule has 2 saturated heterocycles. The van der Waals surface area contributed by atoms with E-state index >= 15 is 0 Å². The van der Waals surface area contributed by atoms with E-state index in [9.17, 15) is 24.2 Å². The average Bonchev–Trinajstić information content (AvgIpc) is 3.25. The van der Waals surface area contributed by atoms with E-state index in [1.165, 1.54) is 4.67 Å². The molecule has 13 heteroatoms. The van der Waals surface area contributed by atoms with E-state index in [0.29, 0.717) is 19.4 Å². The maximum atomic E-state index is 12.4. The molecule has 2 aliphatic rings. The van der Waals surface area contributed by atoms with E-state index in [0.717, 1.165) is 30.3 Å². The van der Waals surface area contributed by atoms with Gasteiger partial charge in [0.15, 0.2) is 6.23 Å². The van der Waals surface area contributed by atoms with Crippen LogP contribution in [0.1, 0.15) is 36.1 Å². The normalized spacial score (nSPS) is 31.5. The van der Waals surface area contributed by atoms with Crippen LogP contribution in [0.4, 0.5) is 0 Å². The van der Waals surface area contributed by atoms with Gasteiger partial charge in [-0.05, 0) is 12.8 Å². The highest BCUT2D eigenvalue weighted by atomic mass is 31.2. The van der Waals surface area contributed by atoms with Crippen LogP contribution >= 0.6 is 7.75 Å². The number of piperidine rings is 1. The van der Waals surface area contributed by atoms with Crippen LogP contribution in [0.5, 0.6) is 0 Å². The number of ether oxygens (including phenoxy) is 1. The van der Waals surface area contributed by atoms with Gasteiger partial charge in [0.2, 0.25) is 5.82 Å². The van der Waals surface area contributed by atoms with Crippen molar-refractivity contribution in [1.29, 1.82) is 0 Å². The Morgan fingerprint density at radius 3 is 2.74 bits per heavy atom. The number of amides is 1. The minimum Gasteiger partial charge on any atom is -0.387 e. The summed E-state index contributed by atoms with van der Waals surface area (Å²) in [6, 6.07) is 0. The Kier molecular flexibility index (Phi) is 6.04. The summed E-state index contributed by atoms with van der Waals surface area (Å²) in [4.78, 5) is 36.3. The Morgan fingerprint density at radius 1 is 1.44 bits per heavy atom. The molecule has 0 spiro atoms. The molecule has 1 aromatic heterocycles. The third kappa shape index (κ3) is 4.26. The number of hydrogen-bond donors (Lipinski definition) is 3. The predicted octanol–water partition coefficient (Wildman–Crippen LogP) is -0.947. The van der Waals surface area contributed by atoms with Crippen molar-refractivity contribution >= 4 is 19.9 Å². The number of nitrogens with two attached hydrogens (primary N) is 1. The van der Waals surface area contributed by atoms with Crippen molar-refractivity contribution in [3.8, 4) is 0 Å². The zero-order valence-electron chi connectivity index (χ0n) is 14.5. The number of carbonyl (C=O) groups is 2. The Hall–Kier alpha value is -1.69. The van der Waals surface area contributed by atoms with E-state index in [-0.39, 0.29) is 12.4 Å². The van der Waals surface area contributed by atoms with Gasteiger partial charge in [0.1, 0.15) is 18.7 Å². The summed E-state index contributed by atoms with van der Waals surface area (Å²) < 4.78 is 25.6. The van der Waals surface area contributed by atoms with Gasteiger partial charge in [-0.25, -0.2) is 18.9 Å². The van der Waals surface area contributed by atoms with Gasteiger partial charge in [-0.2, -0.15) is 0 Å². The third-order valence-electron chi connectivity index (χ3n) is 4.67. The molecule has 3 rings (SSSR count). The lowest BCUT2D eigenvalue weighted by Crippen LogP contribution is -2.32. The van der Waals surface area contributed by atoms with E-state index < -0.39 is 38.0 Å². The van der Waals surface area contributed by atoms with Gasteiger partial charge in [-0.15, -0.1) is 5.10 Å². The lowest BCUT2D eigenvalue weighted by Gasteiger charge is -2.30. The van der Waals surface area contributed by atoms with E-state index in [1.54, 1.807) is 0 Å². The lowest BCUT2D eigenvalue weighted by atomic mass is 10.0. The van der Waals surface area contributed by atoms with Crippen molar-refractivity contribution in [2.45, 2.75) is 37.7 Å². The van der Waals surface area contributed by atoms with Crippen LogP contribution in [0.25, 0.3) is 0 Å². The molecule has 1 aromatic rings. The van der Waals surface area contributed by atoms with Gasteiger partial charge < -0.3 is 25.3 Å². The standard InChI is InChI=1S/C14H22N5O7P/c15-12(22)13-16-8-19(17-13)14-11(21)9(6-20)10(26-14)7-25-27(23,24)18-4-2-1-3-5-18/h6,8-11,14,21H,1-5,7H2,(H2,15,22)(H,23,24)/t9?,10-,11-,14-/m1/s1. The molecule has 150 valence electrons. The molecule has 2 aliphatic heterocycles. The highest BCUT2D eigenvalue weighted by molar-refractivity contribution is 7.50. The molecule has 0 saturated carbocycles. The fourth-order valence-electron chi connectivity index (χ4n) is 3.19. The first-order valence-electron chi connectivity index (χ1n) is 8.56. The number of hydrogen-bond acceptors (Lipinski definition) is 8. The summed E-state index contributed by atoms with van der Waals surface area (Å²) in [5, 5.41) is 14.1. The van der Waals surface area contributed by atoms with Crippen molar-refractivity contribution in [3.05, 3.63) is 12.2 Å².